The molecule has 0 saturated heterocycles. The summed E-state index contributed by atoms with van der Waals surface area (Å²) in [5.74, 6) is 0.412. The van der Waals surface area contributed by atoms with Gasteiger partial charge in [-0.25, -0.2) is 18.1 Å². The molecule has 0 spiro atoms. The third-order valence-corrected chi connectivity index (χ3v) is 4.03. The van der Waals surface area contributed by atoms with Crippen LogP contribution in [0.15, 0.2) is 11.2 Å². The average molecular weight is 340 g/mol. The molecule has 0 atom stereocenters. The molecule has 1 rings (SSSR count). The summed E-state index contributed by atoms with van der Waals surface area (Å²) in [7, 11) is -0.151. The number of aromatic nitrogens is 2. The van der Waals surface area contributed by atoms with Gasteiger partial charge in [0.1, 0.15) is 5.82 Å². The third kappa shape index (κ3) is 6.42. The van der Waals surface area contributed by atoms with E-state index in [-0.39, 0.29) is 36.3 Å². The molecule has 1 amide bonds. The van der Waals surface area contributed by atoms with Crippen molar-refractivity contribution < 1.29 is 13.2 Å². The lowest BCUT2D eigenvalue weighted by atomic mass is 10.4. The van der Waals surface area contributed by atoms with Crippen LogP contribution in [0.5, 0.6) is 0 Å². The van der Waals surface area contributed by atoms with Crippen molar-refractivity contribution in [2.24, 2.45) is 7.05 Å². The molecule has 0 aliphatic heterocycles. The van der Waals surface area contributed by atoms with Crippen molar-refractivity contribution in [3.63, 3.8) is 0 Å². The lowest BCUT2D eigenvalue weighted by Crippen LogP contribution is -2.33. The Hall–Kier alpha value is -1.16. The zero-order valence-corrected chi connectivity index (χ0v) is 14.0. The van der Waals surface area contributed by atoms with Gasteiger partial charge in [-0.15, -0.1) is 12.4 Å². The number of aryl methyl sites for hydroxylation is 2. The highest BCUT2D eigenvalue weighted by molar-refractivity contribution is 7.89. The van der Waals surface area contributed by atoms with E-state index in [0.29, 0.717) is 18.9 Å². The monoisotopic (exact) mass is 339 g/mol. The molecule has 0 radical (unpaired) electrons. The maximum absolute atomic E-state index is 11.9. The largest absolute Gasteiger partial charge is 0.355 e. The van der Waals surface area contributed by atoms with Crippen LogP contribution in [0.3, 0.4) is 0 Å². The fourth-order valence-corrected chi connectivity index (χ4v) is 2.51. The quantitative estimate of drug-likeness (QED) is 0.535. The van der Waals surface area contributed by atoms with E-state index in [9.17, 15) is 13.2 Å². The summed E-state index contributed by atoms with van der Waals surface area (Å²) >= 11 is 0. The summed E-state index contributed by atoms with van der Waals surface area (Å²) in [5, 5.41) is 5.53. The molecule has 3 N–H and O–H groups in total. The van der Waals surface area contributed by atoms with E-state index >= 15 is 0 Å². The standard InChI is InChI=1S/C11H21N5O3S.ClH/c1-9-15-11(8-16(9)3)20(18,19)14-5-4-10(17)13-7-6-12-2;/h8,12,14H,4-7H2,1-3H3,(H,13,17);1H. The van der Waals surface area contributed by atoms with Crippen LogP contribution in [0, 0.1) is 6.92 Å². The zero-order valence-electron chi connectivity index (χ0n) is 12.3. The van der Waals surface area contributed by atoms with Gasteiger partial charge >= 0.3 is 0 Å². The Morgan fingerprint density at radius 3 is 2.52 bits per heavy atom. The Bertz CT molecular complexity index is 539. The number of imidazole rings is 1. The van der Waals surface area contributed by atoms with Crippen LogP contribution < -0.4 is 15.4 Å². The van der Waals surface area contributed by atoms with E-state index in [0.717, 1.165) is 0 Å². The number of nitrogens with zero attached hydrogens (tertiary/aromatic N) is 2. The van der Waals surface area contributed by atoms with E-state index in [1.165, 1.54) is 6.20 Å². The number of hydrogen-bond acceptors (Lipinski definition) is 5. The van der Waals surface area contributed by atoms with Crippen LogP contribution in [-0.2, 0) is 21.9 Å². The van der Waals surface area contributed by atoms with Gasteiger partial charge in [0.15, 0.2) is 5.03 Å². The second-order valence-electron chi connectivity index (χ2n) is 4.34. The van der Waals surface area contributed by atoms with E-state index in [1.807, 2.05) is 0 Å². The fourth-order valence-electron chi connectivity index (χ4n) is 1.44. The highest BCUT2D eigenvalue weighted by Gasteiger charge is 2.18. The fraction of sp³-hybridized carbons (Fsp3) is 0.636. The van der Waals surface area contributed by atoms with Crippen molar-refractivity contribution in [2.45, 2.75) is 18.4 Å². The van der Waals surface area contributed by atoms with Gasteiger partial charge in [-0.05, 0) is 14.0 Å². The number of amides is 1. The zero-order chi connectivity index (χ0) is 15.2. The maximum atomic E-state index is 11.9. The van der Waals surface area contributed by atoms with Gasteiger partial charge in [0.05, 0.1) is 0 Å². The van der Waals surface area contributed by atoms with Gasteiger partial charge in [0.2, 0.25) is 5.91 Å². The molecule has 10 heteroatoms. The van der Waals surface area contributed by atoms with Crippen molar-refractivity contribution in [1.29, 1.82) is 0 Å². The molecule has 0 bridgehead atoms. The number of rotatable bonds is 8. The van der Waals surface area contributed by atoms with Gasteiger partial charge in [-0.1, -0.05) is 0 Å². The second kappa shape index (κ2) is 8.98. The molecule has 0 saturated carbocycles. The van der Waals surface area contributed by atoms with Crippen LogP contribution in [0.2, 0.25) is 0 Å². The highest BCUT2D eigenvalue weighted by atomic mass is 35.5. The minimum absolute atomic E-state index is 0. The number of hydrogen-bond donors (Lipinski definition) is 3. The Morgan fingerprint density at radius 2 is 2.00 bits per heavy atom. The normalized spacial score (nSPS) is 11.0. The van der Waals surface area contributed by atoms with Crippen LogP contribution in [0.1, 0.15) is 12.2 Å². The number of likely N-dealkylation sites (N-methyl/N-ethyl adjacent to an activating group) is 1. The van der Waals surface area contributed by atoms with E-state index in [2.05, 4.69) is 20.3 Å². The first-order valence-corrected chi connectivity index (χ1v) is 7.76. The molecule has 0 aliphatic carbocycles. The molecule has 0 unspecified atom stereocenters. The molecule has 0 aliphatic rings. The second-order valence-corrected chi connectivity index (χ2v) is 6.05. The lowest BCUT2D eigenvalue weighted by Gasteiger charge is -2.05. The van der Waals surface area contributed by atoms with E-state index in [1.54, 1.807) is 25.6 Å². The van der Waals surface area contributed by atoms with Crippen LogP contribution in [-0.4, -0.2) is 50.6 Å². The predicted molar refractivity (Wildman–Crippen MR) is 81.9 cm³/mol. The first kappa shape index (κ1) is 19.8. The Balaban J connectivity index is 0.00000400. The van der Waals surface area contributed by atoms with Crippen molar-refractivity contribution >= 4 is 28.3 Å². The number of sulfonamides is 1. The molecular weight excluding hydrogens is 318 g/mol. The molecule has 21 heavy (non-hydrogen) atoms. The summed E-state index contributed by atoms with van der Waals surface area (Å²) in [6.07, 6.45) is 1.53. The third-order valence-electron chi connectivity index (χ3n) is 2.70. The minimum atomic E-state index is -3.66. The lowest BCUT2D eigenvalue weighted by molar-refractivity contribution is -0.120. The van der Waals surface area contributed by atoms with E-state index < -0.39 is 10.0 Å². The summed E-state index contributed by atoms with van der Waals surface area (Å²) in [6.45, 7) is 2.95. The molecule has 1 aromatic rings. The average Bonchev–Trinajstić information content (AvgIpc) is 2.70. The summed E-state index contributed by atoms with van der Waals surface area (Å²) in [6, 6.07) is 0. The number of nitrogens with one attached hydrogen (secondary N) is 3. The van der Waals surface area contributed by atoms with Gasteiger partial charge in [0, 0.05) is 39.3 Å². The first-order chi connectivity index (χ1) is 9.36. The number of carbonyl (C=O) groups is 1. The molecular formula is C11H22ClN5O3S. The van der Waals surface area contributed by atoms with Crippen LogP contribution >= 0.6 is 12.4 Å². The summed E-state index contributed by atoms with van der Waals surface area (Å²) in [4.78, 5) is 15.3. The smallest absolute Gasteiger partial charge is 0.259 e. The summed E-state index contributed by atoms with van der Waals surface area (Å²) < 4.78 is 27.8. The molecule has 122 valence electrons. The SMILES string of the molecule is CNCCNC(=O)CCNS(=O)(=O)c1cn(C)c(C)n1.Cl. The Kier molecular flexibility index (Phi) is 8.48. The number of halogens is 1. The molecule has 1 heterocycles. The first-order valence-electron chi connectivity index (χ1n) is 6.27. The van der Waals surface area contributed by atoms with Gasteiger partial charge in [0.25, 0.3) is 10.0 Å². The molecule has 0 fully saturated rings. The minimum Gasteiger partial charge on any atom is -0.355 e. The Morgan fingerprint density at radius 1 is 1.33 bits per heavy atom. The molecule has 1 aromatic heterocycles. The maximum Gasteiger partial charge on any atom is 0.259 e. The number of carbonyl (C=O) groups excluding carboxylic acids is 1. The highest BCUT2D eigenvalue weighted by Crippen LogP contribution is 2.07. The Labute approximate surface area is 131 Å². The van der Waals surface area contributed by atoms with Gasteiger partial charge in [-0.2, -0.15) is 0 Å². The van der Waals surface area contributed by atoms with Crippen LogP contribution in [0.4, 0.5) is 0 Å². The summed E-state index contributed by atoms with van der Waals surface area (Å²) in [5.41, 5.74) is 0. The van der Waals surface area contributed by atoms with E-state index in [4.69, 9.17) is 0 Å². The van der Waals surface area contributed by atoms with Crippen molar-refractivity contribution in [3.8, 4) is 0 Å². The van der Waals surface area contributed by atoms with Gasteiger partial charge < -0.3 is 15.2 Å². The van der Waals surface area contributed by atoms with Crippen molar-refractivity contribution in [2.75, 3.05) is 26.7 Å². The topological polar surface area (TPSA) is 105 Å². The van der Waals surface area contributed by atoms with Gasteiger partial charge in [-0.3, -0.25) is 4.79 Å². The van der Waals surface area contributed by atoms with Crippen LogP contribution in [0.25, 0.3) is 0 Å². The van der Waals surface area contributed by atoms with Crippen molar-refractivity contribution in [3.05, 3.63) is 12.0 Å². The molecule has 8 nitrogen and oxygen atoms in total. The van der Waals surface area contributed by atoms with Crippen molar-refractivity contribution in [1.82, 2.24) is 24.9 Å². The molecule has 0 aromatic carbocycles. The predicted octanol–water partition coefficient (Wildman–Crippen LogP) is -0.846.